The van der Waals surface area contributed by atoms with Gasteiger partial charge in [0, 0.05) is 41.1 Å². The van der Waals surface area contributed by atoms with E-state index in [0.29, 0.717) is 27.5 Å². The van der Waals surface area contributed by atoms with E-state index in [4.69, 9.17) is 21.1 Å². The molecule has 1 saturated carbocycles. The number of amides is 3. The van der Waals surface area contributed by atoms with Crippen molar-refractivity contribution in [3.05, 3.63) is 101 Å². The van der Waals surface area contributed by atoms with E-state index < -0.39 is 53.4 Å². The standard InChI is InChI=1S/C39H40ClF3N8O6/c1-4-56-30(52)18-7-24-5-14-28(15-6-24)46-33(55)32(54)45-22-37(2,3)21-44-31(53)25-8-16-29(17-9-25)47-34-48-35(50-36(49-34)57-23-39(41,42)43)51-38(19-20-38)26-10-12-27(40)13-11-26/h5-18H,4,19-23H2,1-3H3,(H,44,53)(H,45,54)(H,46,55)(H2,47,48,49,50,51)/b18-7+. The topological polar surface area (TPSA) is 186 Å². The molecule has 0 spiro atoms. The third kappa shape index (κ3) is 12.9. The van der Waals surface area contributed by atoms with Crippen LogP contribution in [0.3, 0.4) is 0 Å². The largest absolute Gasteiger partial charge is 0.463 e. The van der Waals surface area contributed by atoms with Crippen LogP contribution in [0.4, 0.5) is 36.4 Å². The summed E-state index contributed by atoms with van der Waals surface area (Å²) in [6.45, 7) is 4.18. The molecule has 1 aromatic heterocycles. The zero-order valence-electron chi connectivity index (χ0n) is 31.1. The van der Waals surface area contributed by atoms with Gasteiger partial charge in [0.1, 0.15) is 0 Å². The second kappa shape index (κ2) is 18.1. The fourth-order valence-corrected chi connectivity index (χ4v) is 5.34. The summed E-state index contributed by atoms with van der Waals surface area (Å²) in [5.41, 5.74) is 1.52. The van der Waals surface area contributed by atoms with Crippen LogP contribution in [0, 0.1) is 5.41 Å². The van der Waals surface area contributed by atoms with Crippen molar-refractivity contribution < 1.29 is 41.8 Å². The highest BCUT2D eigenvalue weighted by molar-refractivity contribution is 6.39. The van der Waals surface area contributed by atoms with Gasteiger partial charge in [-0.2, -0.15) is 28.1 Å². The number of nitrogens with one attached hydrogen (secondary N) is 5. The number of benzene rings is 3. The van der Waals surface area contributed by atoms with Gasteiger partial charge in [-0.25, -0.2) is 4.79 Å². The first-order valence-electron chi connectivity index (χ1n) is 17.7. The number of alkyl halides is 3. The first-order chi connectivity index (χ1) is 27.0. The number of hydrogen-bond acceptors (Lipinski definition) is 11. The van der Waals surface area contributed by atoms with Gasteiger partial charge in [-0.1, -0.05) is 49.7 Å². The highest BCUT2D eigenvalue weighted by Crippen LogP contribution is 2.48. The number of esters is 1. The van der Waals surface area contributed by atoms with Crippen LogP contribution in [-0.4, -0.2) is 71.1 Å². The Balaban J connectivity index is 1.12. The van der Waals surface area contributed by atoms with Crippen molar-refractivity contribution in [1.82, 2.24) is 25.6 Å². The van der Waals surface area contributed by atoms with Crippen molar-refractivity contribution in [1.29, 1.82) is 0 Å². The molecule has 3 amide bonds. The van der Waals surface area contributed by atoms with Crippen LogP contribution in [0.2, 0.25) is 5.02 Å². The molecular weight excluding hydrogens is 769 g/mol. The number of aromatic nitrogens is 3. The minimum atomic E-state index is -4.62. The number of hydrogen-bond donors (Lipinski definition) is 5. The molecule has 0 unspecified atom stereocenters. The van der Waals surface area contributed by atoms with Crippen LogP contribution >= 0.6 is 11.6 Å². The average molecular weight is 809 g/mol. The first-order valence-corrected chi connectivity index (χ1v) is 18.1. The van der Waals surface area contributed by atoms with Crippen LogP contribution in [0.1, 0.15) is 55.1 Å². The van der Waals surface area contributed by atoms with Gasteiger partial charge >= 0.3 is 30.0 Å². The molecule has 1 aliphatic rings. The summed E-state index contributed by atoms with van der Waals surface area (Å²) in [6.07, 6.45) is -0.316. The van der Waals surface area contributed by atoms with E-state index >= 15 is 0 Å². The van der Waals surface area contributed by atoms with Gasteiger partial charge in [0.15, 0.2) is 6.61 Å². The number of rotatable bonds is 16. The van der Waals surface area contributed by atoms with Crippen LogP contribution < -0.4 is 31.3 Å². The van der Waals surface area contributed by atoms with E-state index in [1.165, 1.54) is 18.2 Å². The molecule has 1 aliphatic carbocycles. The lowest BCUT2D eigenvalue weighted by Crippen LogP contribution is -2.44. The second-order valence-corrected chi connectivity index (χ2v) is 14.2. The van der Waals surface area contributed by atoms with Gasteiger partial charge in [-0.15, -0.1) is 0 Å². The quantitative estimate of drug-likeness (QED) is 0.0480. The van der Waals surface area contributed by atoms with Crippen molar-refractivity contribution in [2.45, 2.75) is 45.3 Å². The van der Waals surface area contributed by atoms with Crippen LogP contribution in [-0.2, 0) is 24.7 Å². The van der Waals surface area contributed by atoms with Crippen molar-refractivity contribution >= 4 is 64.6 Å². The van der Waals surface area contributed by atoms with Crippen molar-refractivity contribution in [2.24, 2.45) is 5.41 Å². The summed E-state index contributed by atoms with van der Waals surface area (Å²) in [4.78, 5) is 61.9. The number of nitrogens with zero attached hydrogens (tertiary/aromatic N) is 3. The molecule has 0 saturated heterocycles. The molecule has 3 aromatic carbocycles. The van der Waals surface area contributed by atoms with Gasteiger partial charge in [0.05, 0.1) is 12.1 Å². The highest BCUT2D eigenvalue weighted by Gasteiger charge is 2.45. The lowest BCUT2D eigenvalue weighted by molar-refractivity contribution is -0.154. The average Bonchev–Trinajstić information content (AvgIpc) is 3.95. The maximum Gasteiger partial charge on any atom is 0.422 e. The Hall–Kier alpha value is -6.23. The molecule has 1 heterocycles. The maximum atomic E-state index is 13.0. The Morgan fingerprint density at radius 2 is 1.46 bits per heavy atom. The Morgan fingerprint density at radius 1 is 0.825 bits per heavy atom. The molecule has 14 nitrogen and oxygen atoms in total. The van der Waals surface area contributed by atoms with E-state index in [9.17, 15) is 32.3 Å². The van der Waals surface area contributed by atoms with Crippen molar-refractivity contribution in [2.75, 3.05) is 42.3 Å². The molecule has 300 valence electrons. The SMILES string of the molecule is CCOC(=O)/C=C/c1ccc(NC(=O)C(=O)NCC(C)(C)CNC(=O)c2ccc(Nc3nc(NC4(c5ccc(Cl)cc5)CC4)nc(OCC(F)(F)F)n3)cc2)cc1. The Morgan fingerprint density at radius 3 is 2.09 bits per heavy atom. The third-order valence-corrected chi connectivity index (χ3v) is 8.66. The zero-order valence-corrected chi connectivity index (χ0v) is 31.9. The number of ether oxygens (including phenoxy) is 2. The second-order valence-electron chi connectivity index (χ2n) is 13.8. The number of anilines is 4. The van der Waals surface area contributed by atoms with Gasteiger partial charge in [0.2, 0.25) is 11.9 Å². The summed E-state index contributed by atoms with van der Waals surface area (Å²) in [5, 5.41) is 14.6. The summed E-state index contributed by atoms with van der Waals surface area (Å²) < 4.78 is 48.6. The normalized spacial score (nSPS) is 13.3. The number of halogens is 4. The Bertz CT molecular complexity index is 2090. The van der Waals surface area contributed by atoms with E-state index in [0.717, 1.165) is 18.4 Å². The fourth-order valence-electron chi connectivity index (χ4n) is 5.21. The van der Waals surface area contributed by atoms with Crippen molar-refractivity contribution in [3.8, 4) is 6.01 Å². The third-order valence-electron chi connectivity index (χ3n) is 8.41. The predicted octanol–water partition coefficient (Wildman–Crippen LogP) is 6.40. The summed E-state index contributed by atoms with van der Waals surface area (Å²) in [5.74, 6) is -2.72. The van der Waals surface area contributed by atoms with Gasteiger partial charge in [0.25, 0.3) is 5.91 Å². The molecule has 5 N–H and O–H groups in total. The molecule has 57 heavy (non-hydrogen) atoms. The molecule has 18 heteroatoms. The Kier molecular flexibility index (Phi) is 13.3. The van der Waals surface area contributed by atoms with Crippen molar-refractivity contribution in [3.63, 3.8) is 0 Å². The number of carbonyl (C=O) groups excluding carboxylic acids is 4. The lowest BCUT2D eigenvalue weighted by Gasteiger charge is -2.25. The monoisotopic (exact) mass is 808 g/mol. The molecular formula is C39H40ClF3N8O6. The smallest absolute Gasteiger partial charge is 0.422 e. The summed E-state index contributed by atoms with van der Waals surface area (Å²) in [6, 6.07) is 19.3. The molecule has 5 rings (SSSR count). The van der Waals surface area contributed by atoms with Crippen LogP contribution in [0.15, 0.2) is 78.9 Å². The first kappa shape index (κ1) is 41.9. The van der Waals surface area contributed by atoms with E-state index in [1.54, 1.807) is 75.4 Å². The molecule has 0 aliphatic heterocycles. The van der Waals surface area contributed by atoms with E-state index in [1.807, 2.05) is 12.1 Å². The molecule has 0 radical (unpaired) electrons. The molecule has 1 fully saturated rings. The lowest BCUT2D eigenvalue weighted by atomic mass is 9.93. The number of carbonyl (C=O) groups is 4. The molecule has 4 aromatic rings. The van der Waals surface area contributed by atoms with Gasteiger partial charge in [-0.3, -0.25) is 14.4 Å². The Labute approximate surface area is 331 Å². The minimum Gasteiger partial charge on any atom is -0.463 e. The fraction of sp³-hybridized carbons (Fsp3) is 0.308. The predicted molar refractivity (Wildman–Crippen MR) is 207 cm³/mol. The zero-order chi connectivity index (χ0) is 41.2. The van der Waals surface area contributed by atoms with Gasteiger partial charge < -0.3 is 36.1 Å². The van der Waals surface area contributed by atoms with Crippen LogP contribution in [0.5, 0.6) is 6.01 Å². The summed E-state index contributed by atoms with van der Waals surface area (Å²) in [7, 11) is 0. The van der Waals surface area contributed by atoms with Crippen LogP contribution in [0.25, 0.3) is 6.08 Å². The molecule has 0 atom stereocenters. The summed E-state index contributed by atoms with van der Waals surface area (Å²) >= 11 is 6.04. The highest BCUT2D eigenvalue weighted by atomic mass is 35.5. The van der Waals surface area contributed by atoms with E-state index in [2.05, 4.69) is 41.5 Å². The minimum absolute atomic E-state index is 0.000491. The molecule has 0 bridgehead atoms. The van der Waals surface area contributed by atoms with E-state index in [-0.39, 0.29) is 31.6 Å². The maximum absolute atomic E-state index is 13.0. The van der Waals surface area contributed by atoms with Gasteiger partial charge in [-0.05, 0) is 90.9 Å².